The van der Waals surface area contributed by atoms with E-state index < -0.39 is 0 Å². The molecule has 108 valence electrons. The number of fused-ring (bicyclic) bond motifs is 1. The van der Waals surface area contributed by atoms with E-state index in [4.69, 9.17) is 5.73 Å². The van der Waals surface area contributed by atoms with Gasteiger partial charge < -0.3 is 10.6 Å². The van der Waals surface area contributed by atoms with Crippen LogP contribution in [0, 0.1) is 5.92 Å². The molecule has 0 saturated carbocycles. The summed E-state index contributed by atoms with van der Waals surface area (Å²) in [4.78, 5) is 6.66. The number of pyridine rings is 1. The SMILES string of the molecule is CC(C)C(N)CCN(C)Cc1cncc2ccccc12. The summed E-state index contributed by atoms with van der Waals surface area (Å²) in [6.07, 6.45) is 4.93. The second-order valence-corrected chi connectivity index (χ2v) is 5.95. The molecule has 0 saturated heterocycles. The zero-order valence-electron chi connectivity index (χ0n) is 12.7. The Morgan fingerprint density at radius 3 is 2.70 bits per heavy atom. The highest BCUT2D eigenvalue weighted by atomic mass is 15.1. The van der Waals surface area contributed by atoms with Crippen molar-refractivity contribution in [3.05, 3.63) is 42.2 Å². The van der Waals surface area contributed by atoms with E-state index in [1.54, 1.807) is 0 Å². The highest BCUT2D eigenvalue weighted by Crippen LogP contribution is 2.18. The normalized spacial score (nSPS) is 13.3. The van der Waals surface area contributed by atoms with Gasteiger partial charge in [0, 0.05) is 30.4 Å². The molecule has 1 atom stereocenters. The smallest absolute Gasteiger partial charge is 0.0346 e. The molecular formula is C17H25N3. The van der Waals surface area contributed by atoms with E-state index in [-0.39, 0.29) is 6.04 Å². The Morgan fingerprint density at radius 1 is 1.20 bits per heavy atom. The number of hydrogen-bond donors (Lipinski definition) is 1. The van der Waals surface area contributed by atoms with Gasteiger partial charge in [-0.1, -0.05) is 38.1 Å². The summed E-state index contributed by atoms with van der Waals surface area (Å²) >= 11 is 0. The molecule has 0 fully saturated rings. The number of nitrogens with two attached hydrogens (primary N) is 1. The van der Waals surface area contributed by atoms with Crippen LogP contribution in [0.15, 0.2) is 36.7 Å². The van der Waals surface area contributed by atoms with Gasteiger partial charge in [0.05, 0.1) is 0 Å². The molecule has 0 aliphatic heterocycles. The van der Waals surface area contributed by atoms with E-state index in [0.29, 0.717) is 5.92 Å². The fourth-order valence-corrected chi connectivity index (χ4v) is 2.38. The topological polar surface area (TPSA) is 42.1 Å². The van der Waals surface area contributed by atoms with Crippen molar-refractivity contribution in [3.63, 3.8) is 0 Å². The van der Waals surface area contributed by atoms with Crippen LogP contribution in [0.25, 0.3) is 10.8 Å². The van der Waals surface area contributed by atoms with E-state index in [0.717, 1.165) is 19.5 Å². The average molecular weight is 271 g/mol. The third-order valence-corrected chi connectivity index (χ3v) is 3.89. The predicted octanol–water partition coefficient (Wildman–Crippen LogP) is 3.04. The van der Waals surface area contributed by atoms with Crippen molar-refractivity contribution in [2.24, 2.45) is 11.7 Å². The van der Waals surface area contributed by atoms with E-state index in [9.17, 15) is 0 Å². The molecule has 20 heavy (non-hydrogen) atoms. The first-order valence-corrected chi connectivity index (χ1v) is 7.33. The molecule has 1 heterocycles. The second-order valence-electron chi connectivity index (χ2n) is 5.95. The second kappa shape index (κ2) is 6.82. The molecule has 1 aromatic carbocycles. The van der Waals surface area contributed by atoms with Crippen LogP contribution in [0.3, 0.4) is 0 Å². The maximum Gasteiger partial charge on any atom is 0.0346 e. The minimum atomic E-state index is 0.281. The molecule has 3 nitrogen and oxygen atoms in total. The van der Waals surface area contributed by atoms with E-state index in [1.165, 1.54) is 16.3 Å². The molecule has 0 amide bonds. The summed E-state index contributed by atoms with van der Waals surface area (Å²) in [5.74, 6) is 0.544. The number of benzene rings is 1. The summed E-state index contributed by atoms with van der Waals surface area (Å²) < 4.78 is 0. The van der Waals surface area contributed by atoms with E-state index in [1.807, 2.05) is 12.4 Å². The Morgan fingerprint density at radius 2 is 1.95 bits per heavy atom. The Hall–Kier alpha value is -1.45. The Kier molecular flexibility index (Phi) is 5.10. The maximum absolute atomic E-state index is 6.11. The summed E-state index contributed by atoms with van der Waals surface area (Å²) in [7, 11) is 2.15. The van der Waals surface area contributed by atoms with Crippen molar-refractivity contribution in [1.82, 2.24) is 9.88 Å². The van der Waals surface area contributed by atoms with Crippen molar-refractivity contribution in [2.45, 2.75) is 32.9 Å². The molecule has 2 N–H and O–H groups in total. The van der Waals surface area contributed by atoms with Gasteiger partial charge in [0.25, 0.3) is 0 Å². The number of rotatable bonds is 6. The van der Waals surface area contributed by atoms with Crippen molar-refractivity contribution < 1.29 is 0 Å². The van der Waals surface area contributed by atoms with E-state index >= 15 is 0 Å². The zero-order chi connectivity index (χ0) is 14.5. The summed E-state index contributed by atoms with van der Waals surface area (Å²) in [6, 6.07) is 8.70. The van der Waals surface area contributed by atoms with Gasteiger partial charge in [0.15, 0.2) is 0 Å². The van der Waals surface area contributed by atoms with Gasteiger partial charge >= 0.3 is 0 Å². The van der Waals surface area contributed by atoms with Gasteiger partial charge in [-0.15, -0.1) is 0 Å². The van der Waals surface area contributed by atoms with Gasteiger partial charge in [-0.3, -0.25) is 4.98 Å². The van der Waals surface area contributed by atoms with Gasteiger partial charge in [0.2, 0.25) is 0 Å². The van der Waals surface area contributed by atoms with Crippen LogP contribution in [-0.2, 0) is 6.54 Å². The van der Waals surface area contributed by atoms with Crippen LogP contribution < -0.4 is 5.73 Å². The van der Waals surface area contributed by atoms with Crippen molar-refractivity contribution >= 4 is 10.8 Å². The van der Waals surface area contributed by atoms with Crippen molar-refractivity contribution in [1.29, 1.82) is 0 Å². The van der Waals surface area contributed by atoms with Gasteiger partial charge in [-0.2, -0.15) is 0 Å². The lowest BCUT2D eigenvalue weighted by molar-refractivity contribution is 0.297. The number of hydrogen-bond acceptors (Lipinski definition) is 3. The van der Waals surface area contributed by atoms with Gasteiger partial charge in [-0.05, 0) is 36.9 Å². The monoisotopic (exact) mass is 271 g/mol. The first-order valence-electron chi connectivity index (χ1n) is 7.33. The predicted molar refractivity (Wildman–Crippen MR) is 85.5 cm³/mol. The van der Waals surface area contributed by atoms with E-state index in [2.05, 4.69) is 55.0 Å². The fourth-order valence-electron chi connectivity index (χ4n) is 2.38. The van der Waals surface area contributed by atoms with Gasteiger partial charge in [-0.25, -0.2) is 0 Å². The lowest BCUT2D eigenvalue weighted by Gasteiger charge is -2.21. The van der Waals surface area contributed by atoms with Crippen LogP contribution in [0.5, 0.6) is 0 Å². The third kappa shape index (κ3) is 3.78. The molecule has 1 unspecified atom stereocenters. The van der Waals surface area contributed by atoms with Crippen LogP contribution in [0.2, 0.25) is 0 Å². The Balaban J connectivity index is 2.01. The van der Waals surface area contributed by atoms with Crippen LogP contribution in [0.4, 0.5) is 0 Å². The minimum absolute atomic E-state index is 0.281. The zero-order valence-corrected chi connectivity index (χ0v) is 12.7. The summed E-state index contributed by atoms with van der Waals surface area (Å²) in [5, 5.41) is 2.50. The minimum Gasteiger partial charge on any atom is -0.327 e. The molecule has 0 radical (unpaired) electrons. The third-order valence-electron chi connectivity index (χ3n) is 3.89. The molecule has 0 spiro atoms. The van der Waals surface area contributed by atoms with Gasteiger partial charge in [0.1, 0.15) is 0 Å². The maximum atomic E-state index is 6.11. The Labute approximate surface area is 121 Å². The fraction of sp³-hybridized carbons (Fsp3) is 0.471. The molecule has 0 bridgehead atoms. The first-order chi connectivity index (χ1) is 9.58. The lowest BCUT2D eigenvalue weighted by atomic mass is 10.0. The van der Waals surface area contributed by atoms with Crippen LogP contribution in [-0.4, -0.2) is 29.5 Å². The summed E-state index contributed by atoms with van der Waals surface area (Å²) in [6.45, 7) is 6.29. The molecule has 2 rings (SSSR count). The van der Waals surface area contributed by atoms with Crippen molar-refractivity contribution in [2.75, 3.05) is 13.6 Å². The highest BCUT2D eigenvalue weighted by Gasteiger charge is 2.10. The Bertz CT molecular complexity index is 545. The van der Waals surface area contributed by atoms with Crippen LogP contribution >= 0.6 is 0 Å². The average Bonchev–Trinajstić information content (AvgIpc) is 2.45. The van der Waals surface area contributed by atoms with Crippen molar-refractivity contribution in [3.8, 4) is 0 Å². The molecule has 1 aromatic heterocycles. The molecule has 2 aromatic rings. The largest absolute Gasteiger partial charge is 0.327 e. The van der Waals surface area contributed by atoms with Crippen LogP contribution in [0.1, 0.15) is 25.8 Å². The standard InChI is InChI=1S/C17H25N3/c1-13(2)17(18)8-9-20(3)12-15-11-19-10-14-6-4-5-7-16(14)15/h4-7,10-11,13,17H,8-9,12,18H2,1-3H3. The highest BCUT2D eigenvalue weighted by molar-refractivity contribution is 5.84. The molecular weight excluding hydrogens is 246 g/mol. The number of aromatic nitrogens is 1. The summed E-state index contributed by atoms with van der Waals surface area (Å²) in [5.41, 5.74) is 7.39. The molecule has 0 aliphatic rings. The molecule has 3 heteroatoms. The molecule has 0 aliphatic carbocycles. The number of nitrogens with zero attached hydrogens (tertiary/aromatic N) is 2. The quantitative estimate of drug-likeness (QED) is 0.878. The first kappa shape index (κ1) is 14.9. The lowest BCUT2D eigenvalue weighted by Crippen LogP contribution is -2.31.